The number of aromatic nitrogens is 1. The molecule has 10 heteroatoms. The summed E-state index contributed by atoms with van der Waals surface area (Å²) >= 11 is 1.40. The summed E-state index contributed by atoms with van der Waals surface area (Å²) in [4.78, 5) is 23.0. The van der Waals surface area contributed by atoms with Crippen molar-refractivity contribution in [2.24, 2.45) is 0 Å². The number of halogens is 3. The van der Waals surface area contributed by atoms with Gasteiger partial charge in [-0.25, -0.2) is 4.98 Å². The van der Waals surface area contributed by atoms with E-state index in [1.807, 2.05) is 5.38 Å². The van der Waals surface area contributed by atoms with Crippen LogP contribution in [-0.4, -0.2) is 78.3 Å². The van der Waals surface area contributed by atoms with Crippen molar-refractivity contribution < 1.29 is 4.79 Å². The lowest BCUT2D eigenvalue weighted by atomic mass is 10.0. The zero-order chi connectivity index (χ0) is 15.5. The number of nitrogens with zero attached hydrogens (tertiary/aromatic N) is 4. The molecular formula is C15H28Br3N5OS. The lowest BCUT2D eigenvalue weighted by Crippen LogP contribution is -2.53. The third-order valence-corrected chi connectivity index (χ3v) is 5.61. The van der Waals surface area contributed by atoms with Crippen LogP contribution in [0.3, 0.4) is 0 Å². The summed E-state index contributed by atoms with van der Waals surface area (Å²) < 4.78 is 0. The first-order valence-electron chi connectivity index (χ1n) is 8.00. The molecule has 2 aliphatic heterocycles. The van der Waals surface area contributed by atoms with Crippen LogP contribution in [0.2, 0.25) is 0 Å². The van der Waals surface area contributed by atoms with Gasteiger partial charge in [0, 0.05) is 37.6 Å². The Morgan fingerprint density at radius 2 is 1.76 bits per heavy atom. The maximum absolute atomic E-state index is 11.5. The van der Waals surface area contributed by atoms with Gasteiger partial charge in [0.05, 0.1) is 5.69 Å². The van der Waals surface area contributed by atoms with Crippen LogP contribution < -0.4 is 5.73 Å². The number of aldehydes is 1. The highest BCUT2D eigenvalue weighted by Gasteiger charge is 2.30. The first-order valence-corrected chi connectivity index (χ1v) is 8.88. The van der Waals surface area contributed by atoms with E-state index >= 15 is 0 Å². The normalized spacial score (nSPS) is 21.5. The molecule has 0 radical (unpaired) electrons. The van der Waals surface area contributed by atoms with Gasteiger partial charge in [0.2, 0.25) is 0 Å². The minimum absolute atomic E-state index is 0. The molecule has 0 spiro atoms. The van der Waals surface area contributed by atoms with Crippen LogP contribution in [0.1, 0.15) is 24.6 Å². The average Bonchev–Trinajstić information content (AvgIpc) is 2.96. The summed E-state index contributed by atoms with van der Waals surface area (Å²) in [7, 11) is 2.20. The second-order valence-electron chi connectivity index (χ2n) is 6.30. The van der Waals surface area contributed by atoms with Crippen LogP contribution in [-0.2, 0) is 4.79 Å². The first-order chi connectivity index (χ1) is 10.7. The number of anilines is 1. The van der Waals surface area contributed by atoms with E-state index in [-0.39, 0.29) is 57.0 Å². The van der Waals surface area contributed by atoms with E-state index in [1.54, 1.807) is 0 Å². The fraction of sp³-hybridized carbons (Fsp3) is 0.733. The minimum Gasteiger partial charge on any atom is -0.375 e. The van der Waals surface area contributed by atoms with E-state index in [0.29, 0.717) is 11.2 Å². The summed E-state index contributed by atoms with van der Waals surface area (Å²) in [6, 6.07) is 0.469. The molecule has 2 N–H and O–H groups in total. The molecule has 1 atom stereocenters. The maximum Gasteiger partial charge on any atom is 0.180 e. The number of piperazine rings is 1. The van der Waals surface area contributed by atoms with E-state index in [9.17, 15) is 4.79 Å². The summed E-state index contributed by atoms with van der Waals surface area (Å²) in [5.74, 6) is 0. The molecule has 1 aromatic rings. The number of nitrogen functional groups attached to an aromatic ring is 1. The van der Waals surface area contributed by atoms with Gasteiger partial charge < -0.3 is 15.4 Å². The van der Waals surface area contributed by atoms with Crippen molar-refractivity contribution in [1.82, 2.24) is 19.7 Å². The number of rotatable bonds is 4. The van der Waals surface area contributed by atoms with E-state index in [4.69, 9.17) is 5.73 Å². The predicted molar refractivity (Wildman–Crippen MR) is 120 cm³/mol. The van der Waals surface area contributed by atoms with Crippen LogP contribution in [0, 0.1) is 0 Å². The van der Waals surface area contributed by atoms with Crippen molar-refractivity contribution >= 4 is 73.7 Å². The van der Waals surface area contributed by atoms with Crippen molar-refractivity contribution in [3.05, 3.63) is 11.1 Å². The number of hydrogen-bond donors (Lipinski definition) is 1. The molecule has 25 heavy (non-hydrogen) atoms. The smallest absolute Gasteiger partial charge is 0.180 e. The van der Waals surface area contributed by atoms with Crippen LogP contribution in [0.15, 0.2) is 5.38 Å². The van der Waals surface area contributed by atoms with E-state index < -0.39 is 0 Å². The molecule has 0 aliphatic carbocycles. The van der Waals surface area contributed by atoms with Crippen molar-refractivity contribution in [2.75, 3.05) is 52.0 Å². The first kappa shape index (κ1) is 25.4. The molecule has 146 valence electrons. The number of carbonyl (C=O) groups excluding carboxylic acids is 1. The summed E-state index contributed by atoms with van der Waals surface area (Å²) in [5.41, 5.74) is 6.49. The molecule has 2 aliphatic rings. The molecule has 2 saturated heterocycles. The second kappa shape index (κ2) is 12.0. The number of carbonyl (C=O) groups is 1. The Morgan fingerprint density at radius 1 is 1.16 bits per heavy atom. The number of thiazole rings is 1. The fourth-order valence-electron chi connectivity index (χ4n) is 3.52. The molecule has 0 bridgehead atoms. The van der Waals surface area contributed by atoms with Crippen LogP contribution in [0.4, 0.5) is 5.13 Å². The fourth-order valence-corrected chi connectivity index (χ4v) is 4.11. The number of likely N-dealkylation sites (tertiary alicyclic amines) is 1. The highest BCUT2D eigenvalue weighted by atomic mass is 79.9. The van der Waals surface area contributed by atoms with Gasteiger partial charge in [0.1, 0.15) is 12.3 Å². The maximum atomic E-state index is 11.5. The molecule has 2 fully saturated rings. The molecule has 0 amide bonds. The topological polar surface area (TPSA) is 65.7 Å². The molecule has 6 nitrogen and oxygen atoms in total. The molecule has 3 heterocycles. The Kier molecular flexibility index (Phi) is 12.2. The molecule has 3 rings (SSSR count). The molecule has 1 unspecified atom stereocenters. The van der Waals surface area contributed by atoms with Gasteiger partial charge in [-0.3, -0.25) is 9.80 Å². The lowest BCUT2D eigenvalue weighted by molar-refractivity contribution is -0.113. The second-order valence-corrected chi connectivity index (χ2v) is 7.19. The molecular weight excluding hydrogens is 538 g/mol. The Labute approximate surface area is 185 Å². The van der Waals surface area contributed by atoms with E-state index in [2.05, 4.69) is 26.7 Å². The lowest BCUT2D eigenvalue weighted by Gasteiger charge is -2.43. The Bertz CT molecular complexity index is 505. The van der Waals surface area contributed by atoms with E-state index in [1.165, 1.54) is 37.3 Å². The zero-order valence-electron chi connectivity index (χ0n) is 14.4. The van der Waals surface area contributed by atoms with Gasteiger partial charge in [-0.15, -0.1) is 62.3 Å². The van der Waals surface area contributed by atoms with Crippen LogP contribution >= 0.6 is 62.3 Å². The van der Waals surface area contributed by atoms with Crippen molar-refractivity contribution in [1.29, 1.82) is 0 Å². The summed E-state index contributed by atoms with van der Waals surface area (Å²) in [5, 5.41) is 2.43. The Hall–Kier alpha value is 0.420. The summed E-state index contributed by atoms with van der Waals surface area (Å²) in [6.07, 6.45) is 3.52. The van der Waals surface area contributed by atoms with Gasteiger partial charge in [0.15, 0.2) is 5.13 Å². The van der Waals surface area contributed by atoms with Gasteiger partial charge in [-0.2, -0.15) is 0 Å². The number of nitrogens with two attached hydrogens (primary N) is 1. The zero-order valence-corrected chi connectivity index (χ0v) is 20.3. The standard InChI is InChI=1S/C15H25N5OS.3BrH/c1-18-4-2-12(3-5-18)19-6-8-20(9-7-19)14(10-21)13-11-22-15(16)17-13;;;/h10-12,14H,2-9H2,1H3,(H2,16,17);3*1H. The minimum atomic E-state index is -0.242. The van der Waals surface area contributed by atoms with Crippen molar-refractivity contribution in [3.8, 4) is 0 Å². The average molecular weight is 566 g/mol. The van der Waals surface area contributed by atoms with Crippen molar-refractivity contribution in [3.63, 3.8) is 0 Å². The third-order valence-electron chi connectivity index (χ3n) is 4.92. The molecule has 1 aromatic heterocycles. The van der Waals surface area contributed by atoms with Crippen LogP contribution in [0.5, 0.6) is 0 Å². The number of piperidine rings is 1. The van der Waals surface area contributed by atoms with Gasteiger partial charge >= 0.3 is 0 Å². The SMILES string of the molecule is Br.Br.Br.CN1CCC(N2CCN(C(C=O)c3csc(N)n3)CC2)CC1. The van der Waals surface area contributed by atoms with Gasteiger partial charge in [-0.1, -0.05) is 0 Å². The van der Waals surface area contributed by atoms with Gasteiger partial charge in [0.25, 0.3) is 0 Å². The monoisotopic (exact) mass is 563 g/mol. The third kappa shape index (κ3) is 6.51. The highest BCUT2D eigenvalue weighted by molar-refractivity contribution is 8.93. The van der Waals surface area contributed by atoms with E-state index in [0.717, 1.165) is 38.2 Å². The van der Waals surface area contributed by atoms with Crippen molar-refractivity contribution in [2.45, 2.75) is 24.9 Å². The number of hydrogen-bond acceptors (Lipinski definition) is 7. The predicted octanol–water partition coefficient (Wildman–Crippen LogP) is 2.41. The highest BCUT2D eigenvalue weighted by Crippen LogP contribution is 2.25. The quantitative estimate of drug-likeness (QED) is 0.566. The Morgan fingerprint density at radius 3 is 2.24 bits per heavy atom. The van der Waals surface area contributed by atoms with Gasteiger partial charge in [-0.05, 0) is 33.0 Å². The molecule has 0 saturated carbocycles. The Balaban J connectivity index is 0.00000192. The molecule has 0 aromatic carbocycles. The summed E-state index contributed by atoms with van der Waals surface area (Å²) in [6.45, 7) is 6.32. The van der Waals surface area contributed by atoms with Crippen LogP contribution in [0.25, 0.3) is 0 Å². The largest absolute Gasteiger partial charge is 0.375 e.